The predicted molar refractivity (Wildman–Crippen MR) is 111 cm³/mol. The van der Waals surface area contributed by atoms with E-state index in [2.05, 4.69) is 58.6 Å². The van der Waals surface area contributed by atoms with Crippen LogP contribution in [0.5, 0.6) is 0 Å². The van der Waals surface area contributed by atoms with Crippen molar-refractivity contribution < 1.29 is 4.74 Å². The topological polar surface area (TPSA) is 48.9 Å². The monoisotopic (exact) mass is 446 g/mol. The predicted octanol–water partition coefficient (Wildman–Crippen LogP) is 2.39. The van der Waals surface area contributed by atoms with Crippen LogP contribution in [0.4, 0.5) is 0 Å². The summed E-state index contributed by atoms with van der Waals surface area (Å²) in [6.07, 6.45) is 1.12. The average molecular weight is 446 g/mol. The fourth-order valence-electron chi connectivity index (χ4n) is 2.63. The van der Waals surface area contributed by atoms with E-state index in [1.807, 2.05) is 0 Å². The first kappa shape index (κ1) is 21.2. The van der Waals surface area contributed by atoms with Gasteiger partial charge in [-0.3, -0.25) is 4.90 Å². The first-order chi connectivity index (χ1) is 11.3. The number of rotatable bonds is 7. The van der Waals surface area contributed by atoms with Crippen LogP contribution in [-0.2, 0) is 11.3 Å². The Kier molecular flexibility index (Phi) is 11.0. The standard InChI is InChI=1S/C18H30N4O.HI/c1-3-19-18(21-15-17-8-5-4-7-16(17)2)20-9-6-10-22-11-13-23-14-12-22;/h4-5,7-8H,3,6,9-15H2,1-2H3,(H2,19,20,21);1H. The van der Waals surface area contributed by atoms with Gasteiger partial charge < -0.3 is 15.4 Å². The van der Waals surface area contributed by atoms with Crippen LogP contribution in [0, 0.1) is 6.92 Å². The molecule has 0 aliphatic carbocycles. The normalized spacial score (nSPS) is 15.7. The Morgan fingerprint density at radius 2 is 1.96 bits per heavy atom. The third-order valence-electron chi connectivity index (χ3n) is 4.06. The Morgan fingerprint density at radius 1 is 1.21 bits per heavy atom. The SMILES string of the molecule is CCNC(=NCc1ccccc1C)NCCCN1CCOCC1.I. The second-order valence-electron chi connectivity index (χ2n) is 5.86. The van der Waals surface area contributed by atoms with E-state index in [1.54, 1.807) is 0 Å². The quantitative estimate of drug-likeness (QED) is 0.292. The highest BCUT2D eigenvalue weighted by molar-refractivity contribution is 14.0. The van der Waals surface area contributed by atoms with Crippen molar-refractivity contribution in [3.05, 3.63) is 35.4 Å². The van der Waals surface area contributed by atoms with Crippen molar-refractivity contribution in [3.8, 4) is 0 Å². The molecule has 0 atom stereocenters. The number of ether oxygens (including phenoxy) is 1. The maximum atomic E-state index is 5.37. The fourth-order valence-corrected chi connectivity index (χ4v) is 2.63. The number of hydrogen-bond acceptors (Lipinski definition) is 3. The van der Waals surface area contributed by atoms with E-state index in [1.165, 1.54) is 11.1 Å². The van der Waals surface area contributed by atoms with Gasteiger partial charge in [0.1, 0.15) is 0 Å². The van der Waals surface area contributed by atoms with Gasteiger partial charge in [0, 0.05) is 26.2 Å². The molecule has 5 nitrogen and oxygen atoms in total. The number of benzene rings is 1. The second-order valence-corrected chi connectivity index (χ2v) is 5.86. The molecular formula is C18H31IN4O. The molecule has 0 saturated carbocycles. The van der Waals surface area contributed by atoms with Crippen molar-refractivity contribution in [1.82, 2.24) is 15.5 Å². The van der Waals surface area contributed by atoms with Crippen LogP contribution in [0.2, 0.25) is 0 Å². The lowest BCUT2D eigenvalue weighted by Crippen LogP contribution is -2.40. The molecule has 0 radical (unpaired) electrons. The zero-order valence-corrected chi connectivity index (χ0v) is 17.2. The first-order valence-electron chi connectivity index (χ1n) is 8.66. The minimum Gasteiger partial charge on any atom is -0.379 e. The van der Waals surface area contributed by atoms with E-state index in [0.717, 1.165) is 58.3 Å². The van der Waals surface area contributed by atoms with E-state index >= 15 is 0 Å². The Hall–Kier alpha value is -0.860. The maximum absolute atomic E-state index is 5.37. The number of nitrogens with zero attached hydrogens (tertiary/aromatic N) is 2. The summed E-state index contributed by atoms with van der Waals surface area (Å²) in [6.45, 7) is 11.7. The minimum atomic E-state index is 0. The number of aryl methyl sites for hydroxylation is 1. The summed E-state index contributed by atoms with van der Waals surface area (Å²) in [5.41, 5.74) is 2.57. The van der Waals surface area contributed by atoms with Crippen molar-refractivity contribution in [2.45, 2.75) is 26.8 Å². The number of aliphatic imine (C=N–C) groups is 1. The van der Waals surface area contributed by atoms with Gasteiger partial charge in [0.05, 0.1) is 19.8 Å². The molecule has 1 heterocycles. The van der Waals surface area contributed by atoms with Gasteiger partial charge in [-0.2, -0.15) is 0 Å². The molecule has 136 valence electrons. The summed E-state index contributed by atoms with van der Waals surface area (Å²) in [5, 5.41) is 6.75. The van der Waals surface area contributed by atoms with E-state index in [9.17, 15) is 0 Å². The van der Waals surface area contributed by atoms with Crippen LogP contribution >= 0.6 is 24.0 Å². The number of morpholine rings is 1. The summed E-state index contributed by atoms with van der Waals surface area (Å²) < 4.78 is 5.37. The van der Waals surface area contributed by atoms with Gasteiger partial charge in [0.15, 0.2) is 5.96 Å². The molecule has 1 aliphatic heterocycles. The lowest BCUT2D eigenvalue weighted by molar-refractivity contribution is 0.0376. The van der Waals surface area contributed by atoms with Gasteiger partial charge in [-0.1, -0.05) is 24.3 Å². The van der Waals surface area contributed by atoms with Crippen LogP contribution in [0.15, 0.2) is 29.3 Å². The first-order valence-corrected chi connectivity index (χ1v) is 8.66. The highest BCUT2D eigenvalue weighted by atomic mass is 127. The van der Waals surface area contributed by atoms with E-state index < -0.39 is 0 Å². The van der Waals surface area contributed by atoms with Crippen molar-refractivity contribution >= 4 is 29.9 Å². The number of guanidine groups is 1. The summed E-state index contributed by atoms with van der Waals surface area (Å²) in [4.78, 5) is 7.15. The molecule has 1 aromatic carbocycles. The Balaban J connectivity index is 0.00000288. The van der Waals surface area contributed by atoms with Crippen LogP contribution < -0.4 is 10.6 Å². The van der Waals surface area contributed by atoms with E-state index in [4.69, 9.17) is 4.74 Å². The Bertz CT molecular complexity index is 490. The van der Waals surface area contributed by atoms with Crippen LogP contribution in [0.25, 0.3) is 0 Å². The molecule has 0 amide bonds. The van der Waals surface area contributed by atoms with Crippen molar-refractivity contribution in [1.29, 1.82) is 0 Å². The van der Waals surface area contributed by atoms with Crippen LogP contribution in [-0.4, -0.2) is 56.8 Å². The van der Waals surface area contributed by atoms with E-state index in [0.29, 0.717) is 6.54 Å². The molecule has 1 fully saturated rings. The molecule has 6 heteroatoms. The minimum absolute atomic E-state index is 0. The average Bonchev–Trinajstić information content (AvgIpc) is 2.58. The largest absolute Gasteiger partial charge is 0.379 e. The van der Waals surface area contributed by atoms with E-state index in [-0.39, 0.29) is 24.0 Å². The molecule has 1 aromatic rings. The molecule has 24 heavy (non-hydrogen) atoms. The molecule has 2 rings (SSSR count). The molecular weight excluding hydrogens is 415 g/mol. The van der Waals surface area contributed by atoms with Gasteiger partial charge in [-0.25, -0.2) is 4.99 Å². The third-order valence-corrected chi connectivity index (χ3v) is 4.06. The molecule has 0 aromatic heterocycles. The number of hydrogen-bond donors (Lipinski definition) is 2. The Labute approximate surface area is 163 Å². The number of halogens is 1. The number of nitrogens with one attached hydrogen (secondary N) is 2. The zero-order valence-electron chi connectivity index (χ0n) is 14.9. The molecule has 1 aliphatic rings. The maximum Gasteiger partial charge on any atom is 0.191 e. The van der Waals surface area contributed by atoms with Gasteiger partial charge in [-0.05, 0) is 37.9 Å². The highest BCUT2D eigenvalue weighted by Crippen LogP contribution is 2.07. The van der Waals surface area contributed by atoms with Gasteiger partial charge in [-0.15, -0.1) is 24.0 Å². The lowest BCUT2D eigenvalue weighted by Gasteiger charge is -2.26. The van der Waals surface area contributed by atoms with Gasteiger partial charge in [0.2, 0.25) is 0 Å². The Morgan fingerprint density at radius 3 is 2.67 bits per heavy atom. The summed E-state index contributed by atoms with van der Waals surface area (Å²) in [5.74, 6) is 0.901. The zero-order chi connectivity index (χ0) is 16.3. The molecule has 0 spiro atoms. The third kappa shape index (κ3) is 7.81. The van der Waals surface area contributed by atoms with Crippen molar-refractivity contribution in [3.63, 3.8) is 0 Å². The lowest BCUT2D eigenvalue weighted by atomic mass is 10.1. The fraction of sp³-hybridized carbons (Fsp3) is 0.611. The molecule has 2 N–H and O–H groups in total. The van der Waals surface area contributed by atoms with Gasteiger partial charge in [0.25, 0.3) is 0 Å². The van der Waals surface area contributed by atoms with Crippen LogP contribution in [0.3, 0.4) is 0 Å². The summed E-state index contributed by atoms with van der Waals surface area (Å²) in [6, 6.07) is 8.41. The molecule has 0 bridgehead atoms. The van der Waals surface area contributed by atoms with Crippen molar-refractivity contribution in [2.75, 3.05) is 45.9 Å². The summed E-state index contributed by atoms with van der Waals surface area (Å²) in [7, 11) is 0. The van der Waals surface area contributed by atoms with Crippen LogP contribution in [0.1, 0.15) is 24.5 Å². The molecule has 1 saturated heterocycles. The molecule has 0 unspecified atom stereocenters. The highest BCUT2D eigenvalue weighted by Gasteiger charge is 2.09. The van der Waals surface area contributed by atoms with Gasteiger partial charge >= 0.3 is 0 Å². The summed E-state index contributed by atoms with van der Waals surface area (Å²) >= 11 is 0. The van der Waals surface area contributed by atoms with Crippen molar-refractivity contribution in [2.24, 2.45) is 4.99 Å². The second kappa shape index (κ2) is 12.5. The smallest absolute Gasteiger partial charge is 0.191 e.